The molecule has 0 spiro atoms. The van der Waals surface area contributed by atoms with Crippen LogP contribution in [0.15, 0.2) is 4.99 Å². The van der Waals surface area contributed by atoms with Crippen LogP contribution in [0.3, 0.4) is 0 Å². The SMILES string of the molecule is CC(C)CN=C(N)N1CCN(C2CC2)CC1. The molecule has 1 saturated carbocycles. The molecule has 0 amide bonds. The fourth-order valence-electron chi connectivity index (χ4n) is 2.13. The maximum absolute atomic E-state index is 5.99. The van der Waals surface area contributed by atoms with Gasteiger partial charge in [-0.1, -0.05) is 13.8 Å². The van der Waals surface area contributed by atoms with Crippen LogP contribution in [0.1, 0.15) is 26.7 Å². The summed E-state index contributed by atoms with van der Waals surface area (Å²) in [6, 6.07) is 0.885. The zero-order valence-corrected chi connectivity index (χ0v) is 10.5. The minimum Gasteiger partial charge on any atom is -0.370 e. The maximum Gasteiger partial charge on any atom is 0.191 e. The van der Waals surface area contributed by atoms with E-state index in [1.807, 2.05) is 0 Å². The summed E-state index contributed by atoms with van der Waals surface area (Å²) >= 11 is 0. The molecule has 1 aliphatic carbocycles. The number of rotatable bonds is 3. The van der Waals surface area contributed by atoms with Crippen LogP contribution < -0.4 is 5.73 Å². The van der Waals surface area contributed by atoms with E-state index in [4.69, 9.17) is 5.73 Å². The molecule has 0 unspecified atom stereocenters. The van der Waals surface area contributed by atoms with Crippen molar-refractivity contribution >= 4 is 5.96 Å². The largest absolute Gasteiger partial charge is 0.370 e. The van der Waals surface area contributed by atoms with Crippen LogP contribution >= 0.6 is 0 Å². The highest BCUT2D eigenvalue weighted by Gasteiger charge is 2.31. The Morgan fingerprint density at radius 3 is 2.38 bits per heavy atom. The Kier molecular flexibility index (Phi) is 3.69. The summed E-state index contributed by atoms with van der Waals surface area (Å²) < 4.78 is 0. The Morgan fingerprint density at radius 2 is 1.88 bits per heavy atom. The van der Waals surface area contributed by atoms with E-state index < -0.39 is 0 Å². The molecule has 1 aliphatic heterocycles. The summed E-state index contributed by atoms with van der Waals surface area (Å²) in [5, 5.41) is 0. The summed E-state index contributed by atoms with van der Waals surface area (Å²) in [4.78, 5) is 9.25. The van der Waals surface area contributed by atoms with Crippen LogP contribution in [0.4, 0.5) is 0 Å². The first-order valence-corrected chi connectivity index (χ1v) is 6.45. The molecule has 0 aromatic carbocycles. The summed E-state index contributed by atoms with van der Waals surface area (Å²) in [5.74, 6) is 1.33. The molecular formula is C12H24N4. The van der Waals surface area contributed by atoms with Crippen LogP contribution in [0, 0.1) is 5.92 Å². The lowest BCUT2D eigenvalue weighted by atomic mass is 10.2. The van der Waals surface area contributed by atoms with Crippen molar-refractivity contribution in [2.45, 2.75) is 32.7 Å². The first-order valence-electron chi connectivity index (χ1n) is 6.45. The highest BCUT2D eigenvalue weighted by molar-refractivity contribution is 5.78. The second-order valence-corrected chi connectivity index (χ2v) is 5.35. The summed E-state index contributed by atoms with van der Waals surface area (Å²) in [6.45, 7) is 9.58. The number of hydrogen-bond acceptors (Lipinski definition) is 2. The molecule has 2 rings (SSSR count). The lowest BCUT2D eigenvalue weighted by molar-refractivity contribution is 0.173. The number of guanidine groups is 1. The number of aliphatic imine (C=N–C) groups is 1. The van der Waals surface area contributed by atoms with Crippen molar-refractivity contribution in [1.29, 1.82) is 0 Å². The third kappa shape index (κ3) is 3.11. The van der Waals surface area contributed by atoms with Crippen LogP contribution in [0.5, 0.6) is 0 Å². The Bertz CT molecular complexity index is 250. The van der Waals surface area contributed by atoms with Crippen molar-refractivity contribution in [2.75, 3.05) is 32.7 Å². The molecule has 2 aliphatic rings. The molecule has 1 saturated heterocycles. The zero-order valence-electron chi connectivity index (χ0n) is 10.5. The highest BCUT2D eigenvalue weighted by Crippen LogP contribution is 2.27. The Balaban J connectivity index is 1.76. The van der Waals surface area contributed by atoms with Gasteiger partial charge >= 0.3 is 0 Å². The van der Waals surface area contributed by atoms with Gasteiger partial charge in [0.1, 0.15) is 0 Å². The van der Waals surface area contributed by atoms with Crippen LogP contribution in [-0.2, 0) is 0 Å². The number of piperazine rings is 1. The van der Waals surface area contributed by atoms with Gasteiger partial charge in [0.2, 0.25) is 0 Å². The molecule has 0 aromatic heterocycles. The van der Waals surface area contributed by atoms with E-state index in [1.54, 1.807) is 0 Å². The van der Waals surface area contributed by atoms with Crippen molar-refractivity contribution in [2.24, 2.45) is 16.6 Å². The van der Waals surface area contributed by atoms with Crippen molar-refractivity contribution in [3.8, 4) is 0 Å². The van der Waals surface area contributed by atoms with Crippen LogP contribution in [0.25, 0.3) is 0 Å². The second-order valence-electron chi connectivity index (χ2n) is 5.35. The van der Waals surface area contributed by atoms with E-state index in [0.717, 1.165) is 44.7 Å². The van der Waals surface area contributed by atoms with Gasteiger partial charge in [-0.15, -0.1) is 0 Å². The summed E-state index contributed by atoms with van der Waals surface area (Å²) in [7, 11) is 0. The van der Waals surface area contributed by atoms with E-state index in [1.165, 1.54) is 12.8 Å². The highest BCUT2D eigenvalue weighted by atomic mass is 15.3. The predicted octanol–water partition coefficient (Wildman–Crippen LogP) is 0.737. The van der Waals surface area contributed by atoms with Gasteiger partial charge in [-0.3, -0.25) is 9.89 Å². The average Bonchev–Trinajstić information content (AvgIpc) is 3.10. The molecular weight excluding hydrogens is 200 g/mol. The van der Waals surface area contributed by atoms with Gasteiger partial charge in [0.15, 0.2) is 5.96 Å². The Morgan fingerprint density at radius 1 is 1.25 bits per heavy atom. The average molecular weight is 224 g/mol. The minimum absolute atomic E-state index is 0.589. The summed E-state index contributed by atoms with van der Waals surface area (Å²) in [5.41, 5.74) is 5.99. The van der Waals surface area contributed by atoms with E-state index in [-0.39, 0.29) is 0 Å². The molecule has 2 N–H and O–H groups in total. The van der Waals surface area contributed by atoms with E-state index in [0.29, 0.717) is 5.92 Å². The van der Waals surface area contributed by atoms with Gasteiger partial charge < -0.3 is 10.6 Å². The Labute approximate surface area is 98.5 Å². The van der Waals surface area contributed by atoms with Gasteiger partial charge in [0.25, 0.3) is 0 Å². The molecule has 2 fully saturated rings. The van der Waals surface area contributed by atoms with Crippen molar-refractivity contribution in [3.05, 3.63) is 0 Å². The molecule has 0 atom stereocenters. The smallest absolute Gasteiger partial charge is 0.191 e. The molecule has 92 valence electrons. The van der Waals surface area contributed by atoms with Crippen molar-refractivity contribution in [1.82, 2.24) is 9.80 Å². The van der Waals surface area contributed by atoms with Crippen LogP contribution in [0.2, 0.25) is 0 Å². The first kappa shape index (κ1) is 11.7. The fraction of sp³-hybridized carbons (Fsp3) is 0.917. The molecule has 0 radical (unpaired) electrons. The molecule has 1 heterocycles. The fourth-order valence-corrected chi connectivity index (χ4v) is 2.13. The van der Waals surface area contributed by atoms with E-state index >= 15 is 0 Å². The predicted molar refractivity (Wildman–Crippen MR) is 67.5 cm³/mol. The normalized spacial score (nSPS) is 24.2. The van der Waals surface area contributed by atoms with Crippen molar-refractivity contribution in [3.63, 3.8) is 0 Å². The number of hydrogen-bond donors (Lipinski definition) is 1. The van der Waals surface area contributed by atoms with Gasteiger partial charge in [0, 0.05) is 38.8 Å². The van der Waals surface area contributed by atoms with Gasteiger partial charge in [0.05, 0.1) is 0 Å². The topological polar surface area (TPSA) is 44.9 Å². The molecule has 16 heavy (non-hydrogen) atoms. The van der Waals surface area contributed by atoms with Crippen molar-refractivity contribution < 1.29 is 0 Å². The number of nitrogens with zero attached hydrogens (tertiary/aromatic N) is 3. The molecule has 0 aromatic rings. The lowest BCUT2D eigenvalue weighted by Crippen LogP contribution is -2.51. The third-order valence-electron chi connectivity index (χ3n) is 3.32. The third-order valence-corrected chi connectivity index (χ3v) is 3.32. The zero-order chi connectivity index (χ0) is 11.5. The first-order chi connectivity index (χ1) is 7.66. The maximum atomic E-state index is 5.99. The van der Waals surface area contributed by atoms with Crippen LogP contribution in [-0.4, -0.2) is 54.5 Å². The summed E-state index contributed by atoms with van der Waals surface area (Å²) in [6.07, 6.45) is 2.80. The standard InChI is InChI=1S/C12H24N4/c1-10(2)9-14-12(13)16-7-5-15(6-8-16)11-3-4-11/h10-11H,3-9H2,1-2H3,(H2,13,14). The molecule has 4 nitrogen and oxygen atoms in total. The minimum atomic E-state index is 0.589. The quantitative estimate of drug-likeness (QED) is 0.568. The van der Waals surface area contributed by atoms with Gasteiger partial charge in [-0.05, 0) is 18.8 Å². The lowest BCUT2D eigenvalue weighted by Gasteiger charge is -2.35. The molecule has 4 heteroatoms. The van der Waals surface area contributed by atoms with E-state index in [9.17, 15) is 0 Å². The number of nitrogens with two attached hydrogens (primary N) is 1. The van der Waals surface area contributed by atoms with E-state index in [2.05, 4.69) is 28.6 Å². The van der Waals surface area contributed by atoms with Gasteiger partial charge in [-0.25, -0.2) is 0 Å². The van der Waals surface area contributed by atoms with Gasteiger partial charge in [-0.2, -0.15) is 0 Å². The molecule has 0 bridgehead atoms. The second kappa shape index (κ2) is 5.04. The monoisotopic (exact) mass is 224 g/mol. The Hall–Kier alpha value is -0.770.